The molecule has 0 radical (unpaired) electrons. The van der Waals surface area contributed by atoms with E-state index in [2.05, 4.69) is 43.1 Å². The molecule has 1 unspecified atom stereocenters. The minimum atomic E-state index is -0.400. The number of aliphatic hydroxyl groups is 1. The van der Waals surface area contributed by atoms with Crippen molar-refractivity contribution >= 4 is 5.69 Å². The summed E-state index contributed by atoms with van der Waals surface area (Å²) in [6, 6.07) is 16.5. The van der Waals surface area contributed by atoms with Crippen LogP contribution in [0.15, 0.2) is 48.5 Å². The van der Waals surface area contributed by atoms with Crippen molar-refractivity contribution in [1.82, 2.24) is 0 Å². The number of benzene rings is 2. The molecule has 0 aliphatic rings. The first-order valence-electron chi connectivity index (χ1n) is 7.09. The molecule has 0 fully saturated rings. The Morgan fingerprint density at radius 1 is 1.05 bits per heavy atom. The average Bonchev–Trinajstić information content (AvgIpc) is 2.45. The van der Waals surface area contributed by atoms with Crippen LogP contribution in [0.5, 0.6) is 0 Å². The predicted molar refractivity (Wildman–Crippen MR) is 85.2 cm³/mol. The predicted octanol–water partition coefficient (Wildman–Crippen LogP) is 3.86. The Hall–Kier alpha value is -1.80. The smallest absolute Gasteiger partial charge is 0.0809 e. The molecule has 0 aromatic heterocycles. The molecule has 2 nitrogen and oxygen atoms in total. The number of nitrogens with zero attached hydrogens (tertiary/aromatic N) is 1. The molecule has 0 amide bonds. The van der Waals surface area contributed by atoms with Crippen LogP contribution in [0.2, 0.25) is 0 Å². The minimum Gasteiger partial charge on any atom is -0.388 e. The van der Waals surface area contributed by atoms with Crippen LogP contribution in [0.1, 0.15) is 29.2 Å². The molecular formula is C18H23NO. The molecule has 2 aromatic rings. The second kappa shape index (κ2) is 6.58. The molecule has 0 aliphatic carbocycles. The number of hydrogen-bond donors (Lipinski definition) is 1. The van der Waals surface area contributed by atoms with E-state index in [-0.39, 0.29) is 0 Å². The first-order chi connectivity index (χ1) is 9.58. The van der Waals surface area contributed by atoms with Crippen molar-refractivity contribution in [2.24, 2.45) is 0 Å². The van der Waals surface area contributed by atoms with Gasteiger partial charge in [-0.2, -0.15) is 0 Å². The van der Waals surface area contributed by atoms with Gasteiger partial charge in [-0.25, -0.2) is 0 Å². The molecule has 0 saturated carbocycles. The number of anilines is 1. The van der Waals surface area contributed by atoms with Gasteiger partial charge in [0, 0.05) is 19.3 Å². The van der Waals surface area contributed by atoms with Crippen LogP contribution in [0.3, 0.4) is 0 Å². The summed E-state index contributed by atoms with van der Waals surface area (Å²) in [5, 5.41) is 10.3. The van der Waals surface area contributed by atoms with Gasteiger partial charge in [0.25, 0.3) is 0 Å². The van der Waals surface area contributed by atoms with Crippen LogP contribution in [-0.2, 0) is 0 Å². The van der Waals surface area contributed by atoms with Gasteiger partial charge in [0.05, 0.1) is 6.10 Å². The number of aryl methyl sites for hydroxylation is 2. The quantitative estimate of drug-likeness (QED) is 0.891. The SMILES string of the molecule is Cc1cccc(N(C)CCC(O)c2ccccc2C)c1. The maximum Gasteiger partial charge on any atom is 0.0809 e. The molecule has 106 valence electrons. The maximum atomic E-state index is 10.3. The lowest BCUT2D eigenvalue weighted by atomic mass is 10.0. The van der Waals surface area contributed by atoms with E-state index < -0.39 is 6.10 Å². The molecule has 2 rings (SSSR count). The highest BCUT2D eigenvalue weighted by atomic mass is 16.3. The van der Waals surface area contributed by atoms with Gasteiger partial charge in [0.2, 0.25) is 0 Å². The molecule has 0 saturated heterocycles. The zero-order chi connectivity index (χ0) is 14.5. The summed E-state index contributed by atoms with van der Waals surface area (Å²) in [5.41, 5.74) is 4.64. The van der Waals surface area contributed by atoms with Crippen molar-refractivity contribution in [3.8, 4) is 0 Å². The Labute approximate surface area is 121 Å². The lowest BCUT2D eigenvalue weighted by Gasteiger charge is -2.22. The summed E-state index contributed by atoms with van der Waals surface area (Å²) in [5.74, 6) is 0. The minimum absolute atomic E-state index is 0.400. The fraction of sp³-hybridized carbons (Fsp3) is 0.333. The van der Waals surface area contributed by atoms with Gasteiger partial charge in [-0.15, -0.1) is 0 Å². The van der Waals surface area contributed by atoms with Crippen LogP contribution in [-0.4, -0.2) is 18.7 Å². The van der Waals surface area contributed by atoms with Crippen molar-refractivity contribution in [1.29, 1.82) is 0 Å². The highest BCUT2D eigenvalue weighted by Crippen LogP contribution is 2.22. The first-order valence-corrected chi connectivity index (χ1v) is 7.09. The Morgan fingerprint density at radius 3 is 2.50 bits per heavy atom. The van der Waals surface area contributed by atoms with E-state index in [9.17, 15) is 5.11 Å². The fourth-order valence-electron chi connectivity index (χ4n) is 2.43. The van der Waals surface area contributed by atoms with Crippen molar-refractivity contribution in [2.45, 2.75) is 26.4 Å². The lowest BCUT2D eigenvalue weighted by molar-refractivity contribution is 0.169. The van der Waals surface area contributed by atoms with Gasteiger partial charge in [-0.05, 0) is 49.1 Å². The van der Waals surface area contributed by atoms with Gasteiger partial charge >= 0.3 is 0 Å². The zero-order valence-electron chi connectivity index (χ0n) is 12.5. The van der Waals surface area contributed by atoms with Crippen LogP contribution in [0.4, 0.5) is 5.69 Å². The third-order valence-corrected chi connectivity index (χ3v) is 3.73. The van der Waals surface area contributed by atoms with Crippen molar-refractivity contribution < 1.29 is 5.11 Å². The highest BCUT2D eigenvalue weighted by Gasteiger charge is 2.11. The van der Waals surface area contributed by atoms with Crippen LogP contribution in [0, 0.1) is 13.8 Å². The first kappa shape index (κ1) is 14.6. The van der Waals surface area contributed by atoms with Gasteiger partial charge in [-0.3, -0.25) is 0 Å². The summed E-state index contributed by atoms with van der Waals surface area (Å²) in [6.07, 6.45) is 0.332. The third-order valence-electron chi connectivity index (χ3n) is 3.73. The van der Waals surface area contributed by atoms with Gasteiger partial charge in [-0.1, -0.05) is 36.4 Å². The van der Waals surface area contributed by atoms with E-state index in [0.29, 0.717) is 0 Å². The summed E-state index contributed by atoms with van der Waals surface area (Å²) >= 11 is 0. The van der Waals surface area contributed by atoms with E-state index in [4.69, 9.17) is 0 Å². The van der Waals surface area contributed by atoms with E-state index in [1.54, 1.807) is 0 Å². The Morgan fingerprint density at radius 2 is 1.80 bits per heavy atom. The standard InChI is InChI=1S/C18H23NO/c1-14-7-6-9-16(13-14)19(3)12-11-18(20)17-10-5-4-8-15(17)2/h4-10,13,18,20H,11-12H2,1-3H3. The Balaban J connectivity index is 1.97. The fourth-order valence-corrected chi connectivity index (χ4v) is 2.43. The van der Waals surface area contributed by atoms with Gasteiger partial charge in [0.15, 0.2) is 0 Å². The van der Waals surface area contributed by atoms with E-state index >= 15 is 0 Å². The summed E-state index contributed by atoms with van der Waals surface area (Å²) in [4.78, 5) is 2.19. The highest BCUT2D eigenvalue weighted by molar-refractivity contribution is 5.47. The summed E-state index contributed by atoms with van der Waals surface area (Å²) in [7, 11) is 2.07. The molecule has 2 heteroatoms. The average molecular weight is 269 g/mol. The number of aliphatic hydroxyl groups excluding tert-OH is 1. The zero-order valence-corrected chi connectivity index (χ0v) is 12.5. The van der Waals surface area contributed by atoms with Crippen LogP contribution >= 0.6 is 0 Å². The van der Waals surface area contributed by atoms with E-state index in [1.165, 1.54) is 11.3 Å². The molecule has 20 heavy (non-hydrogen) atoms. The molecule has 1 atom stereocenters. The summed E-state index contributed by atoms with van der Waals surface area (Å²) < 4.78 is 0. The van der Waals surface area contributed by atoms with Gasteiger partial charge in [0.1, 0.15) is 0 Å². The van der Waals surface area contributed by atoms with Crippen molar-refractivity contribution in [2.75, 3.05) is 18.5 Å². The topological polar surface area (TPSA) is 23.5 Å². The number of hydrogen-bond acceptors (Lipinski definition) is 2. The van der Waals surface area contributed by atoms with Crippen LogP contribution in [0.25, 0.3) is 0 Å². The molecule has 0 aliphatic heterocycles. The number of rotatable bonds is 5. The molecule has 1 N–H and O–H groups in total. The van der Waals surface area contributed by atoms with Crippen molar-refractivity contribution in [3.63, 3.8) is 0 Å². The lowest BCUT2D eigenvalue weighted by Crippen LogP contribution is -2.20. The Bertz CT molecular complexity index is 565. The second-order valence-corrected chi connectivity index (χ2v) is 5.42. The molecule has 0 spiro atoms. The normalized spacial score (nSPS) is 12.2. The Kier molecular flexibility index (Phi) is 4.80. The molecule has 2 aromatic carbocycles. The molecule has 0 bridgehead atoms. The van der Waals surface area contributed by atoms with E-state index in [1.807, 2.05) is 31.2 Å². The second-order valence-electron chi connectivity index (χ2n) is 5.42. The van der Waals surface area contributed by atoms with Gasteiger partial charge < -0.3 is 10.0 Å². The van der Waals surface area contributed by atoms with Crippen LogP contribution < -0.4 is 4.90 Å². The summed E-state index contributed by atoms with van der Waals surface area (Å²) in [6.45, 7) is 4.97. The monoisotopic (exact) mass is 269 g/mol. The molecular weight excluding hydrogens is 246 g/mol. The van der Waals surface area contributed by atoms with E-state index in [0.717, 1.165) is 24.1 Å². The van der Waals surface area contributed by atoms with Crippen molar-refractivity contribution in [3.05, 3.63) is 65.2 Å². The third kappa shape index (κ3) is 3.61. The maximum absolute atomic E-state index is 10.3. The largest absolute Gasteiger partial charge is 0.388 e. The molecule has 0 heterocycles.